The van der Waals surface area contributed by atoms with Crippen molar-refractivity contribution in [3.05, 3.63) is 90.3 Å². The predicted molar refractivity (Wildman–Crippen MR) is 107 cm³/mol. The van der Waals surface area contributed by atoms with E-state index < -0.39 is 0 Å². The predicted octanol–water partition coefficient (Wildman–Crippen LogP) is 4.39. The molecule has 2 aromatic carbocycles. The Morgan fingerprint density at radius 1 is 0.962 bits per heavy atom. The van der Waals surface area contributed by atoms with Crippen molar-refractivity contribution in [1.29, 1.82) is 0 Å². The summed E-state index contributed by atoms with van der Waals surface area (Å²) in [6.45, 7) is 3.50. The van der Waals surface area contributed by atoms with Crippen molar-refractivity contribution < 1.29 is 5.11 Å². The number of aromatic nitrogens is 1. The zero-order chi connectivity index (χ0) is 18.2. The minimum Gasteiger partial charge on any atom is -0.393 e. The highest BCUT2D eigenvalue weighted by Gasteiger charge is 2.13. The monoisotopic (exact) mass is 346 g/mol. The lowest BCUT2D eigenvalue weighted by atomic mass is 9.93. The first kappa shape index (κ1) is 18.3. The molecule has 3 heteroatoms. The van der Waals surface area contributed by atoms with Gasteiger partial charge in [0, 0.05) is 25.5 Å². The molecule has 1 aromatic heterocycles. The molecule has 1 heterocycles. The fourth-order valence-corrected chi connectivity index (χ4v) is 3.26. The number of nitrogens with one attached hydrogen (secondary N) is 1. The molecule has 2 atom stereocenters. The van der Waals surface area contributed by atoms with E-state index in [2.05, 4.69) is 64.9 Å². The van der Waals surface area contributed by atoms with Crippen LogP contribution >= 0.6 is 0 Å². The normalized spacial score (nSPS) is 13.3. The minimum atomic E-state index is -0.309. The van der Waals surface area contributed by atoms with Crippen LogP contribution in [0.5, 0.6) is 0 Å². The lowest BCUT2D eigenvalue weighted by Gasteiger charge is -2.20. The van der Waals surface area contributed by atoms with Crippen LogP contribution in [0.2, 0.25) is 0 Å². The third-order valence-electron chi connectivity index (χ3n) is 4.54. The summed E-state index contributed by atoms with van der Waals surface area (Å²) < 4.78 is 0. The second-order valence-electron chi connectivity index (χ2n) is 6.77. The molecule has 0 fully saturated rings. The number of rotatable bonds is 8. The van der Waals surface area contributed by atoms with Crippen molar-refractivity contribution in [2.45, 2.75) is 31.9 Å². The van der Waals surface area contributed by atoms with Gasteiger partial charge in [0.25, 0.3) is 0 Å². The van der Waals surface area contributed by atoms with Gasteiger partial charge in [-0.25, -0.2) is 0 Å². The van der Waals surface area contributed by atoms with Crippen LogP contribution in [-0.4, -0.2) is 22.7 Å². The summed E-state index contributed by atoms with van der Waals surface area (Å²) in [5.74, 6) is 0.303. The molecule has 3 nitrogen and oxygen atoms in total. The van der Waals surface area contributed by atoms with E-state index in [1.807, 2.05) is 25.3 Å². The molecular weight excluding hydrogens is 320 g/mol. The van der Waals surface area contributed by atoms with Gasteiger partial charge in [0.1, 0.15) is 0 Å². The van der Waals surface area contributed by atoms with Crippen LogP contribution in [0.4, 0.5) is 0 Å². The maximum atomic E-state index is 9.83. The van der Waals surface area contributed by atoms with Gasteiger partial charge in [0.15, 0.2) is 0 Å². The number of nitrogens with zero attached hydrogens (tertiary/aromatic N) is 1. The van der Waals surface area contributed by atoms with Crippen LogP contribution in [0.1, 0.15) is 30.4 Å². The van der Waals surface area contributed by atoms with Gasteiger partial charge in [0.05, 0.1) is 6.10 Å². The molecule has 0 spiro atoms. The number of aliphatic hydroxyl groups excluding tert-OH is 1. The van der Waals surface area contributed by atoms with E-state index in [9.17, 15) is 5.11 Å². The third-order valence-corrected chi connectivity index (χ3v) is 4.54. The summed E-state index contributed by atoms with van der Waals surface area (Å²) >= 11 is 0. The Morgan fingerprint density at radius 2 is 1.77 bits per heavy atom. The molecule has 2 N–H and O–H groups in total. The van der Waals surface area contributed by atoms with E-state index in [4.69, 9.17) is 0 Å². The van der Waals surface area contributed by atoms with Crippen molar-refractivity contribution >= 4 is 0 Å². The van der Waals surface area contributed by atoms with E-state index in [1.54, 1.807) is 6.20 Å². The van der Waals surface area contributed by atoms with Gasteiger partial charge in [-0.2, -0.15) is 0 Å². The average Bonchev–Trinajstić information content (AvgIpc) is 2.68. The molecule has 3 aromatic rings. The van der Waals surface area contributed by atoms with Gasteiger partial charge in [-0.15, -0.1) is 0 Å². The maximum Gasteiger partial charge on any atom is 0.0518 e. The van der Waals surface area contributed by atoms with Crippen molar-refractivity contribution in [3.63, 3.8) is 0 Å². The van der Waals surface area contributed by atoms with E-state index in [-0.39, 0.29) is 6.10 Å². The SMILES string of the molecule is CC(O)CC(CNCc1cccc(-c2cccnc2)c1)c1ccccc1. The summed E-state index contributed by atoms with van der Waals surface area (Å²) in [5.41, 5.74) is 4.83. The van der Waals surface area contributed by atoms with Crippen LogP contribution in [0.25, 0.3) is 11.1 Å². The summed E-state index contributed by atoms with van der Waals surface area (Å²) in [4.78, 5) is 4.20. The highest BCUT2D eigenvalue weighted by molar-refractivity contribution is 5.62. The Hall–Kier alpha value is -2.49. The lowest BCUT2D eigenvalue weighted by Crippen LogP contribution is -2.23. The quantitative estimate of drug-likeness (QED) is 0.636. The van der Waals surface area contributed by atoms with Gasteiger partial charge in [-0.05, 0) is 53.6 Å². The van der Waals surface area contributed by atoms with Gasteiger partial charge >= 0.3 is 0 Å². The smallest absolute Gasteiger partial charge is 0.0518 e. The van der Waals surface area contributed by atoms with E-state index >= 15 is 0 Å². The van der Waals surface area contributed by atoms with Crippen LogP contribution in [0.15, 0.2) is 79.1 Å². The molecule has 0 saturated heterocycles. The Balaban J connectivity index is 1.63. The molecule has 0 aliphatic carbocycles. The number of pyridine rings is 1. The van der Waals surface area contributed by atoms with E-state index in [0.29, 0.717) is 5.92 Å². The van der Waals surface area contributed by atoms with Gasteiger partial charge in [-0.1, -0.05) is 54.6 Å². The topological polar surface area (TPSA) is 45.1 Å². The zero-order valence-corrected chi connectivity index (χ0v) is 15.2. The third kappa shape index (κ3) is 5.25. The fourth-order valence-electron chi connectivity index (χ4n) is 3.26. The molecule has 0 radical (unpaired) electrons. The van der Waals surface area contributed by atoms with E-state index in [0.717, 1.165) is 25.1 Å². The zero-order valence-electron chi connectivity index (χ0n) is 15.2. The molecule has 0 aliphatic heterocycles. The molecule has 3 rings (SSSR count). The van der Waals surface area contributed by atoms with Crippen LogP contribution in [-0.2, 0) is 6.54 Å². The Kier molecular flexibility index (Phi) is 6.53. The molecule has 0 bridgehead atoms. The highest BCUT2D eigenvalue weighted by Crippen LogP contribution is 2.22. The minimum absolute atomic E-state index is 0.303. The van der Waals surface area contributed by atoms with Crippen molar-refractivity contribution in [1.82, 2.24) is 10.3 Å². The molecule has 0 aliphatic rings. The second kappa shape index (κ2) is 9.27. The first-order valence-electron chi connectivity index (χ1n) is 9.15. The van der Waals surface area contributed by atoms with Gasteiger partial charge in [-0.3, -0.25) is 4.98 Å². The first-order valence-corrected chi connectivity index (χ1v) is 9.15. The van der Waals surface area contributed by atoms with Crippen molar-refractivity contribution in [2.24, 2.45) is 0 Å². The molecule has 0 saturated carbocycles. The summed E-state index contributed by atoms with van der Waals surface area (Å²) in [6.07, 6.45) is 4.13. The number of hydrogen-bond donors (Lipinski definition) is 2. The summed E-state index contributed by atoms with van der Waals surface area (Å²) in [6, 6.07) is 23.0. The average molecular weight is 346 g/mol. The van der Waals surface area contributed by atoms with Crippen LogP contribution in [0.3, 0.4) is 0 Å². The highest BCUT2D eigenvalue weighted by atomic mass is 16.3. The second-order valence-corrected chi connectivity index (χ2v) is 6.77. The standard InChI is InChI=1S/C23H26N2O/c1-18(26)13-23(20-8-3-2-4-9-20)17-25-15-19-7-5-10-21(14-19)22-11-6-12-24-16-22/h2-12,14,16,18,23,25-26H,13,15,17H2,1H3. The molecule has 26 heavy (non-hydrogen) atoms. The van der Waals surface area contributed by atoms with Crippen LogP contribution < -0.4 is 5.32 Å². The van der Waals surface area contributed by atoms with Crippen LogP contribution in [0, 0.1) is 0 Å². The summed E-state index contributed by atoms with van der Waals surface area (Å²) in [7, 11) is 0. The van der Waals surface area contributed by atoms with E-state index in [1.165, 1.54) is 16.7 Å². The van der Waals surface area contributed by atoms with Crippen molar-refractivity contribution in [3.8, 4) is 11.1 Å². The molecule has 0 amide bonds. The first-order chi connectivity index (χ1) is 12.7. The van der Waals surface area contributed by atoms with Crippen molar-refractivity contribution in [2.75, 3.05) is 6.54 Å². The van der Waals surface area contributed by atoms with Gasteiger partial charge < -0.3 is 10.4 Å². The Labute approximate surface area is 155 Å². The lowest BCUT2D eigenvalue weighted by molar-refractivity contribution is 0.173. The fraction of sp³-hybridized carbons (Fsp3) is 0.261. The number of aliphatic hydroxyl groups is 1. The molecule has 2 unspecified atom stereocenters. The number of benzene rings is 2. The largest absolute Gasteiger partial charge is 0.393 e. The molecular formula is C23H26N2O. The Bertz CT molecular complexity index is 788. The van der Waals surface area contributed by atoms with Gasteiger partial charge in [0.2, 0.25) is 0 Å². The molecule has 134 valence electrons. The maximum absolute atomic E-state index is 9.83. The summed E-state index contributed by atoms with van der Waals surface area (Å²) in [5, 5.41) is 13.4. The Morgan fingerprint density at radius 3 is 2.50 bits per heavy atom. The number of hydrogen-bond acceptors (Lipinski definition) is 3.